The molecule has 0 aliphatic carbocycles. The molecule has 0 unspecified atom stereocenters. The van der Waals surface area contributed by atoms with Crippen LogP contribution in [0.5, 0.6) is 0 Å². The van der Waals surface area contributed by atoms with E-state index in [-0.39, 0.29) is 17.7 Å². The molecule has 5 heteroatoms. The Morgan fingerprint density at radius 1 is 1.04 bits per heavy atom. The highest BCUT2D eigenvalue weighted by Crippen LogP contribution is 2.23. The summed E-state index contributed by atoms with van der Waals surface area (Å²) in [6.45, 7) is 11.4. The van der Waals surface area contributed by atoms with Crippen LogP contribution in [0.15, 0.2) is 24.3 Å². The Balaban J connectivity index is 1.85. The summed E-state index contributed by atoms with van der Waals surface area (Å²) in [5.41, 5.74) is 2.05. The summed E-state index contributed by atoms with van der Waals surface area (Å²) in [5.74, 6) is 0.608. The van der Waals surface area contributed by atoms with E-state index in [2.05, 4.69) is 30.1 Å². The molecule has 0 radical (unpaired) electrons. The topological polar surface area (TPSA) is 52.7 Å². The van der Waals surface area contributed by atoms with E-state index in [0.29, 0.717) is 25.6 Å². The van der Waals surface area contributed by atoms with E-state index in [9.17, 15) is 9.59 Å². The molecule has 132 valence electrons. The molecular weight excluding hydrogens is 302 g/mol. The van der Waals surface area contributed by atoms with Crippen LogP contribution in [0, 0.1) is 5.92 Å². The second kappa shape index (κ2) is 8.29. The molecule has 1 heterocycles. The number of rotatable bonds is 5. The van der Waals surface area contributed by atoms with Crippen LogP contribution in [-0.4, -0.2) is 54.3 Å². The monoisotopic (exact) mass is 331 g/mol. The van der Waals surface area contributed by atoms with Crippen LogP contribution >= 0.6 is 0 Å². The van der Waals surface area contributed by atoms with Crippen molar-refractivity contribution < 1.29 is 9.59 Å². The number of carbonyl (C=O) groups is 2. The third-order valence-electron chi connectivity index (χ3n) is 4.40. The van der Waals surface area contributed by atoms with Crippen LogP contribution < -0.4 is 5.32 Å². The van der Waals surface area contributed by atoms with Gasteiger partial charge in [0.15, 0.2) is 0 Å². The van der Waals surface area contributed by atoms with Crippen LogP contribution in [0.2, 0.25) is 0 Å². The third kappa shape index (κ3) is 4.81. The fourth-order valence-corrected chi connectivity index (χ4v) is 3.00. The second-order valence-electron chi connectivity index (χ2n) is 7.05. The first kappa shape index (κ1) is 18.5. The summed E-state index contributed by atoms with van der Waals surface area (Å²) in [6, 6.07) is 7.94. The minimum atomic E-state index is 0.00624. The lowest BCUT2D eigenvalue weighted by atomic mass is 10.0. The SMILES string of the molecule is CC(C)C(=O)N1CCN(CC(=O)Nc2ccccc2C(C)C)CC1. The summed E-state index contributed by atoms with van der Waals surface area (Å²) in [7, 11) is 0. The maximum Gasteiger partial charge on any atom is 0.238 e. The molecule has 0 saturated carbocycles. The highest BCUT2D eigenvalue weighted by molar-refractivity contribution is 5.93. The summed E-state index contributed by atoms with van der Waals surface area (Å²) >= 11 is 0. The minimum Gasteiger partial charge on any atom is -0.340 e. The Bertz CT molecular complexity index is 576. The van der Waals surface area contributed by atoms with Crippen molar-refractivity contribution in [2.24, 2.45) is 5.92 Å². The maximum atomic E-state index is 12.3. The van der Waals surface area contributed by atoms with Gasteiger partial charge in [-0.3, -0.25) is 14.5 Å². The zero-order valence-electron chi connectivity index (χ0n) is 15.2. The van der Waals surface area contributed by atoms with Gasteiger partial charge in [0.05, 0.1) is 6.54 Å². The fourth-order valence-electron chi connectivity index (χ4n) is 3.00. The van der Waals surface area contributed by atoms with Crippen molar-refractivity contribution in [1.29, 1.82) is 0 Å². The zero-order valence-corrected chi connectivity index (χ0v) is 15.2. The van der Waals surface area contributed by atoms with Gasteiger partial charge in [0.1, 0.15) is 0 Å². The number of amides is 2. The van der Waals surface area contributed by atoms with Crippen molar-refractivity contribution in [1.82, 2.24) is 9.80 Å². The van der Waals surface area contributed by atoms with Gasteiger partial charge in [-0.2, -0.15) is 0 Å². The Morgan fingerprint density at radius 2 is 1.67 bits per heavy atom. The molecule has 2 rings (SSSR count). The molecule has 1 aromatic carbocycles. The van der Waals surface area contributed by atoms with Gasteiger partial charge in [-0.25, -0.2) is 0 Å². The molecule has 0 spiro atoms. The van der Waals surface area contributed by atoms with E-state index in [0.717, 1.165) is 24.3 Å². The van der Waals surface area contributed by atoms with E-state index < -0.39 is 0 Å². The number of carbonyl (C=O) groups excluding carboxylic acids is 2. The first-order valence-electron chi connectivity index (χ1n) is 8.78. The molecule has 1 aromatic rings. The smallest absolute Gasteiger partial charge is 0.238 e. The molecule has 1 aliphatic heterocycles. The van der Waals surface area contributed by atoms with Gasteiger partial charge in [0.2, 0.25) is 11.8 Å². The molecule has 0 bridgehead atoms. The van der Waals surface area contributed by atoms with E-state index >= 15 is 0 Å². The lowest BCUT2D eigenvalue weighted by Crippen LogP contribution is -2.51. The number of nitrogens with zero attached hydrogens (tertiary/aromatic N) is 2. The Hall–Kier alpha value is -1.88. The Kier molecular flexibility index (Phi) is 6.37. The van der Waals surface area contributed by atoms with Crippen molar-refractivity contribution in [3.05, 3.63) is 29.8 Å². The predicted octanol–water partition coefficient (Wildman–Crippen LogP) is 2.55. The molecule has 1 N–H and O–H groups in total. The molecule has 0 atom stereocenters. The van der Waals surface area contributed by atoms with E-state index in [1.54, 1.807) is 0 Å². The van der Waals surface area contributed by atoms with Crippen molar-refractivity contribution in [3.63, 3.8) is 0 Å². The standard InChI is InChI=1S/C19H29N3O2/c1-14(2)16-7-5-6-8-17(16)20-18(23)13-21-9-11-22(12-10-21)19(24)15(3)4/h5-8,14-15H,9-13H2,1-4H3,(H,20,23). The Labute approximate surface area is 145 Å². The molecule has 0 aromatic heterocycles. The van der Waals surface area contributed by atoms with Crippen molar-refractivity contribution in [2.75, 3.05) is 38.0 Å². The molecule has 1 aliphatic rings. The largest absolute Gasteiger partial charge is 0.340 e. The molecule has 24 heavy (non-hydrogen) atoms. The zero-order chi connectivity index (χ0) is 17.7. The highest BCUT2D eigenvalue weighted by atomic mass is 16.2. The lowest BCUT2D eigenvalue weighted by molar-refractivity contribution is -0.136. The lowest BCUT2D eigenvalue weighted by Gasteiger charge is -2.35. The van der Waals surface area contributed by atoms with Gasteiger partial charge in [0, 0.05) is 37.8 Å². The molecule has 5 nitrogen and oxygen atoms in total. The minimum absolute atomic E-state index is 0.00624. The number of benzene rings is 1. The van der Waals surface area contributed by atoms with Crippen LogP contribution in [0.25, 0.3) is 0 Å². The molecule has 2 amide bonds. The highest BCUT2D eigenvalue weighted by Gasteiger charge is 2.24. The summed E-state index contributed by atoms with van der Waals surface area (Å²) < 4.78 is 0. The Morgan fingerprint density at radius 3 is 2.25 bits per heavy atom. The van der Waals surface area contributed by atoms with Crippen LogP contribution in [0.4, 0.5) is 5.69 Å². The second-order valence-corrected chi connectivity index (χ2v) is 7.05. The summed E-state index contributed by atoms with van der Waals surface area (Å²) in [6.07, 6.45) is 0. The number of hydrogen-bond donors (Lipinski definition) is 1. The third-order valence-corrected chi connectivity index (χ3v) is 4.40. The summed E-state index contributed by atoms with van der Waals surface area (Å²) in [5, 5.41) is 3.03. The molecule has 1 fully saturated rings. The van der Waals surface area contributed by atoms with Gasteiger partial charge in [0.25, 0.3) is 0 Å². The van der Waals surface area contributed by atoms with Gasteiger partial charge in [-0.15, -0.1) is 0 Å². The fraction of sp³-hybridized carbons (Fsp3) is 0.579. The van der Waals surface area contributed by atoms with Crippen LogP contribution in [0.3, 0.4) is 0 Å². The molecule has 1 saturated heterocycles. The number of anilines is 1. The van der Waals surface area contributed by atoms with Gasteiger partial charge < -0.3 is 10.2 Å². The molecular formula is C19H29N3O2. The van der Waals surface area contributed by atoms with E-state index in [1.807, 2.05) is 36.9 Å². The number of para-hydroxylation sites is 1. The average Bonchev–Trinajstić information content (AvgIpc) is 2.55. The van der Waals surface area contributed by atoms with Crippen molar-refractivity contribution in [2.45, 2.75) is 33.6 Å². The first-order valence-corrected chi connectivity index (χ1v) is 8.78. The quantitative estimate of drug-likeness (QED) is 0.902. The number of piperazine rings is 1. The number of nitrogens with one attached hydrogen (secondary N) is 1. The van der Waals surface area contributed by atoms with Crippen LogP contribution in [-0.2, 0) is 9.59 Å². The van der Waals surface area contributed by atoms with Crippen molar-refractivity contribution >= 4 is 17.5 Å². The van der Waals surface area contributed by atoms with Gasteiger partial charge in [-0.05, 0) is 17.5 Å². The van der Waals surface area contributed by atoms with Crippen LogP contribution in [0.1, 0.15) is 39.2 Å². The average molecular weight is 331 g/mol. The normalized spacial score (nSPS) is 15.8. The number of hydrogen-bond acceptors (Lipinski definition) is 3. The van der Waals surface area contributed by atoms with E-state index in [4.69, 9.17) is 0 Å². The van der Waals surface area contributed by atoms with Crippen molar-refractivity contribution in [3.8, 4) is 0 Å². The summed E-state index contributed by atoms with van der Waals surface area (Å²) in [4.78, 5) is 28.3. The van der Waals surface area contributed by atoms with Gasteiger partial charge in [-0.1, -0.05) is 45.9 Å². The van der Waals surface area contributed by atoms with E-state index in [1.165, 1.54) is 0 Å². The first-order chi connectivity index (χ1) is 11.4. The predicted molar refractivity (Wildman–Crippen MR) is 97.0 cm³/mol. The van der Waals surface area contributed by atoms with Gasteiger partial charge >= 0.3 is 0 Å². The maximum absolute atomic E-state index is 12.3.